The number of benzene rings is 1. The van der Waals surface area contributed by atoms with E-state index in [9.17, 15) is 9.59 Å². The Morgan fingerprint density at radius 2 is 2.17 bits per heavy atom. The number of anilines is 1. The molecule has 0 spiro atoms. The zero-order valence-corrected chi connectivity index (χ0v) is 17.2. The second-order valence-corrected chi connectivity index (χ2v) is 8.46. The van der Waals surface area contributed by atoms with E-state index in [1.54, 1.807) is 11.8 Å². The van der Waals surface area contributed by atoms with Crippen LogP contribution in [0.15, 0.2) is 34.2 Å². The molecule has 8 heteroatoms. The van der Waals surface area contributed by atoms with Crippen LogP contribution in [0, 0.1) is 10.5 Å². The van der Waals surface area contributed by atoms with Gasteiger partial charge < -0.3 is 10.3 Å². The van der Waals surface area contributed by atoms with Crippen LogP contribution in [0.5, 0.6) is 0 Å². The second-order valence-electron chi connectivity index (χ2n) is 4.98. The van der Waals surface area contributed by atoms with Gasteiger partial charge in [0.25, 0.3) is 5.56 Å². The molecular formula is C16H18IN3O2S2. The lowest BCUT2D eigenvalue weighted by Gasteiger charge is -2.08. The molecule has 24 heavy (non-hydrogen) atoms. The van der Waals surface area contributed by atoms with Gasteiger partial charge in [0.1, 0.15) is 0 Å². The maximum atomic E-state index is 12.1. The van der Waals surface area contributed by atoms with Crippen molar-refractivity contribution < 1.29 is 4.79 Å². The van der Waals surface area contributed by atoms with Gasteiger partial charge in [-0.1, -0.05) is 18.7 Å². The number of aromatic amines is 1. The highest BCUT2D eigenvalue weighted by molar-refractivity contribution is 14.1. The Balaban J connectivity index is 1.96. The number of halogens is 1. The third-order valence-electron chi connectivity index (χ3n) is 3.03. The molecule has 0 fully saturated rings. The van der Waals surface area contributed by atoms with E-state index in [-0.39, 0.29) is 17.2 Å². The molecule has 0 aliphatic rings. The molecule has 1 amide bonds. The average Bonchev–Trinajstić information content (AvgIpc) is 2.53. The molecule has 0 radical (unpaired) electrons. The summed E-state index contributed by atoms with van der Waals surface area (Å²) in [4.78, 5) is 30.8. The highest BCUT2D eigenvalue weighted by Crippen LogP contribution is 2.19. The van der Waals surface area contributed by atoms with Crippen molar-refractivity contribution in [1.29, 1.82) is 0 Å². The molecular weight excluding hydrogens is 457 g/mol. The number of aryl methyl sites for hydroxylation is 1. The maximum Gasteiger partial charge on any atom is 0.251 e. The normalized spacial score (nSPS) is 10.6. The van der Waals surface area contributed by atoms with E-state index in [4.69, 9.17) is 0 Å². The largest absolute Gasteiger partial charge is 0.325 e. The van der Waals surface area contributed by atoms with Crippen molar-refractivity contribution in [3.05, 3.63) is 49.4 Å². The van der Waals surface area contributed by atoms with Gasteiger partial charge in [-0.2, -0.15) is 11.8 Å². The summed E-state index contributed by atoms with van der Waals surface area (Å²) < 4.78 is 1.13. The van der Waals surface area contributed by atoms with Crippen molar-refractivity contribution in [3.8, 4) is 0 Å². The molecule has 0 saturated heterocycles. The van der Waals surface area contributed by atoms with E-state index in [0.29, 0.717) is 10.9 Å². The number of H-pyrrole nitrogens is 1. The number of carbonyl (C=O) groups excluding carboxylic acids is 1. The Bertz CT molecular complexity index is 780. The van der Waals surface area contributed by atoms with Crippen molar-refractivity contribution in [2.24, 2.45) is 0 Å². The molecule has 2 rings (SSSR count). The number of hydrogen-bond donors (Lipinski definition) is 2. The first-order valence-corrected chi connectivity index (χ1v) is 10.6. The Kier molecular flexibility index (Phi) is 7.63. The van der Waals surface area contributed by atoms with Gasteiger partial charge in [0.15, 0.2) is 5.16 Å². The minimum Gasteiger partial charge on any atom is -0.325 e. The van der Waals surface area contributed by atoms with Gasteiger partial charge in [0.2, 0.25) is 5.91 Å². The zero-order valence-electron chi connectivity index (χ0n) is 13.4. The lowest BCUT2D eigenvalue weighted by Crippen LogP contribution is -2.16. The number of aromatic nitrogens is 2. The van der Waals surface area contributed by atoms with Crippen molar-refractivity contribution in [2.45, 2.75) is 24.8 Å². The first kappa shape index (κ1) is 19.3. The van der Waals surface area contributed by atoms with Crippen LogP contribution in [-0.4, -0.2) is 27.4 Å². The monoisotopic (exact) mass is 475 g/mol. The third-order valence-corrected chi connectivity index (χ3v) is 5.48. The minimum atomic E-state index is -0.187. The fourth-order valence-corrected chi connectivity index (χ4v) is 3.82. The van der Waals surface area contributed by atoms with Crippen LogP contribution in [0.1, 0.15) is 18.2 Å². The Hall–Kier alpha value is -1.00. The summed E-state index contributed by atoms with van der Waals surface area (Å²) in [6, 6.07) is 7.35. The van der Waals surface area contributed by atoms with Gasteiger partial charge in [0, 0.05) is 21.1 Å². The predicted molar refractivity (Wildman–Crippen MR) is 110 cm³/mol. The van der Waals surface area contributed by atoms with E-state index >= 15 is 0 Å². The standard InChI is InChI=1S/C16H18IN3O2S2/c1-3-23-8-12-7-14(21)20-16(18-12)24-9-15(22)19-13-5-4-11(17)6-10(13)2/h4-7H,3,8-9H2,1-2H3,(H,19,22)(H,18,20,21). The fourth-order valence-electron chi connectivity index (χ4n) is 1.92. The second kappa shape index (κ2) is 9.47. The van der Waals surface area contributed by atoms with Gasteiger partial charge in [-0.25, -0.2) is 4.98 Å². The van der Waals surface area contributed by atoms with Gasteiger partial charge in [0.05, 0.1) is 11.4 Å². The molecule has 128 valence electrons. The minimum absolute atomic E-state index is 0.125. The Morgan fingerprint density at radius 1 is 1.38 bits per heavy atom. The van der Waals surface area contributed by atoms with Crippen LogP contribution in [0.2, 0.25) is 0 Å². The summed E-state index contributed by atoms with van der Waals surface area (Å²) in [5.74, 6) is 1.73. The van der Waals surface area contributed by atoms with Crippen LogP contribution in [0.25, 0.3) is 0 Å². The molecule has 0 bridgehead atoms. The lowest BCUT2D eigenvalue weighted by atomic mass is 10.2. The number of nitrogens with zero attached hydrogens (tertiary/aromatic N) is 1. The number of thioether (sulfide) groups is 2. The zero-order chi connectivity index (χ0) is 17.5. The maximum absolute atomic E-state index is 12.1. The van der Waals surface area contributed by atoms with Crippen LogP contribution in [0.3, 0.4) is 0 Å². The Labute approximate surface area is 162 Å². The van der Waals surface area contributed by atoms with E-state index in [2.05, 4.69) is 44.8 Å². The number of rotatable bonds is 7. The Morgan fingerprint density at radius 3 is 2.88 bits per heavy atom. The quantitative estimate of drug-likeness (QED) is 0.363. The molecule has 2 aromatic rings. The molecule has 0 atom stereocenters. The molecule has 5 nitrogen and oxygen atoms in total. The van der Waals surface area contributed by atoms with Crippen molar-refractivity contribution >= 4 is 57.7 Å². The summed E-state index contributed by atoms with van der Waals surface area (Å²) in [6.45, 7) is 4.02. The van der Waals surface area contributed by atoms with Crippen molar-refractivity contribution in [2.75, 3.05) is 16.8 Å². The lowest BCUT2D eigenvalue weighted by molar-refractivity contribution is -0.113. The first-order chi connectivity index (χ1) is 11.5. The average molecular weight is 475 g/mol. The van der Waals surface area contributed by atoms with E-state index in [1.807, 2.05) is 25.1 Å². The molecule has 0 aliphatic heterocycles. The van der Waals surface area contributed by atoms with Crippen molar-refractivity contribution in [1.82, 2.24) is 9.97 Å². The highest BCUT2D eigenvalue weighted by Gasteiger charge is 2.08. The van der Waals surface area contributed by atoms with E-state index in [1.165, 1.54) is 17.8 Å². The van der Waals surface area contributed by atoms with Crippen LogP contribution in [0.4, 0.5) is 5.69 Å². The van der Waals surface area contributed by atoms with Gasteiger partial charge >= 0.3 is 0 Å². The van der Waals surface area contributed by atoms with E-state index in [0.717, 1.165) is 26.3 Å². The van der Waals surface area contributed by atoms with Gasteiger partial charge in [-0.15, -0.1) is 0 Å². The van der Waals surface area contributed by atoms with Crippen LogP contribution >= 0.6 is 46.1 Å². The summed E-state index contributed by atoms with van der Waals surface area (Å²) in [7, 11) is 0. The summed E-state index contributed by atoms with van der Waals surface area (Å²) in [6.07, 6.45) is 0. The predicted octanol–water partition coefficient (Wildman–Crippen LogP) is 3.67. The number of hydrogen-bond acceptors (Lipinski definition) is 5. The fraction of sp³-hybridized carbons (Fsp3) is 0.312. The molecule has 0 unspecified atom stereocenters. The number of amides is 1. The molecule has 0 saturated carbocycles. The third kappa shape index (κ3) is 6.14. The van der Waals surface area contributed by atoms with Gasteiger partial charge in [-0.3, -0.25) is 9.59 Å². The number of nitrogens with one attached hydrogen (secondary N) is 2. The summed E-state index contributed by atoms with van der Waals surface area (Å²) >= 11 is 5.17. The summed E-state index contributed by atoms with van der Waals surface area (Å²) in [5, 5.41) is 3.36. The van der Waals surface area contributed by atoms with Crippen LogP contribution < -0.4 is 10.9 Å². The molecule has 1 aromatic heterocycles. The molecule has 2 N–H and O–H groups in total. The highest BCUT2D eigenvalue weighted by atomic mass is 127. The topological polar surface area (TPSA) is 74.8 Å². The van der Waals surface area contributed by atoms with Crippen molar-refractivity contribution in [3.63, 3.8) is 0 Å². The number of carbonyl (C=O) groups is 1. The van der Waals surface area contributed by atoms with E-state index < -0.39 is 0 Å². The van der Waals surface area contributed by atoms with Crippen LogP contribution in [-0.2, 0) is 10.5 Å². The smallest absolute Gasteiger partial charge is 0.251 e. The molecule has 1 heterocycles. The van der Waals surface area contributed by atoms with Gasteiger partial charge in [-0.05, 0) is 59.0 Å². The SMILES string of the molecule is CCSCc1cc(=O)[nH]c(SCC(=O)Nc2ccc(I)cc2C)n1. The molecule has 1 aromatic carbocycles. The first-order valence-electron chi connectivity index (χ1n) is 7.34. The molecule has 0 aliphatic carbocycles. The summed E-state index contributed by atoms with van der Waals surface area (Å²) in [5.41, 5.74) is 2.37.